The third-order valence-corrected chi connectivity index (χ3v) is 11.9. The minimum atomic E-state index is -1.07. The Bertz CT molecular complexity index is 2360. The van der Waals surface area contributed by atoms with E-state index in [0.717, 1.165) is 48.4 Å². The van der Waals surface area contributed by atoms with Crippen LogP contribution in [0.5, 0.6) is 0 Å². The minimum Gasteiger partial charge on any atom is -0.384 e. The highest BCUT2D eigenvalue weighted by molar-refractivity contribution is 6.25. The number of piperidine rings is 1. The third kappa shape index (κ3) is 7.49. The van der Waals surface area contributed by atoms with Gasteiger partial charge < -0.3 is 25.4 Å². The Kier molecular flexibility index (Phi) is 10.6. The highest BCUT2D eigenvalue weighted by atomic mass is 16.2. The van der Waals surface area contributed by atoms with Crippen molar-refractivity contribution in [3.8, 4) is 0 Å². The average Bonchev–Trinajstić information content (AvgIpc) is 3.75. The lowest BCUT2D eigenvalue weighted by Crippen LogP contribution is -2.56. The van der Waals surface area contributed by atoms with Gasteiger partial charge in [-0.05, 0) is 85.3 Å². The Morgan fingerprint density at radius 1 is 0.864 bits per heavy atom. The summed E-state index contributed by atoms with van der Waals surface area (Å²) in [4.78, 5) is 94.2. The predicted molar refractivity (Wildman–Crippen MR) is 217 cm³/mol. The normalized spacial score (nSPS) is 18.1. The summed E-state index contributed by atoms with van der Waals surface area (Å²) in [5.74, 6) is -2.78. The number of amides is 7. The van der Waals surface area contributed by atoms with Crippen LogP contribution >= 0.6 is 0 Å². The fourth-order valence-corrected chi connectivity index (χ4v) is 8.63. The molecule has 1 aliphatic carbocycles. The molecule has 15 heteroatoms. The molecule has 0 radical (unpaired) electrons. The van der Waals surface area contributed by atoms with Gasteiger partial charge in [0.15, 0.2) is 0 Å². The second-order valence-corrected chi connectivity index (χ2v) is 15.7. The van der Waals surface area contributed by atoms with Crippen molar-refractivity contribution in [3.05, 3.63) is 118 Å². The number of anilines is 2. The highest BCUT2D eigenvalue weighted by Crippen LogP contribution is 2.49. The Balaban J connectivity index is 0.819. The van der Waals surface area contributed by atoms with Crippen molar-refractivity contribution in [3.63, 3.8) is 0 Å². The summed E-state index contributed by atoms with van der Waals surface area (Å²) in [6.07, 6.45) is 3.34. The summed E-state index contributed by atoms with van der Waals surface area (Å²) >= 11 is 0. The van der Waals surface area contributed by atoms with Crippen LogP contribution in [0.25, 0.3) is 0 Å². The number of carbonyl (C=O) groups excluding carboxylic acids is 7. The van der Waals surface area contributed by atoms with E-state index in [1.807, 2.05) is 42.5 Å². The molecule has 1 aromatic heterocycles. The first-order chi connectivity index (χ1) is 28.4. The van der Waals surface area contributed by atoms with Crippen molar-refractivity contribution in [2.45, 2.75) is 69.7 Å². The number of fused-ring (bicyclic) bond motifs is 3. The van der Waals surface area contributed by atoms with E-state index in [-0.39, 0.29) is 60.2 Å². The molecule has 4 N–H and O–H groups in total. The van der Waals surface area contributed by atoms with Crippen LogP contribution in [-0.2, 0) is 39.6 Å². The lowest BCUT2D eigenvalue weighted by atomic mass is 9.71. The summed E-state index contributed by atoms with van der Waals surface area (Å²) in [7, 11) is 3.50. The van der Waals surface area contributed by atoms with Crippen LogP contribution in [-0.4, -0.2) is 93.8 Å². The summed E-state index contributed by atoms with van der Waals surface area (Å²) < 4.78 is 2.16. The Morgan fingerprint density at radius 2 is 1.61 bits per heavy atom. The quantitative estimate of drug-likeness (QED) is 0.155. The Labute approximate surface area is 341 Å². The number of imide groups is 2. The van der Waals surface area contributed by atoms with Gasteiger partial charge in [-0.1, -0.05) is 30.3 Å². The van der Waals surface area contributed by atoms with Gasteiger partial charge in [0, 0.05) is 82.3 Å². The monoisotopic (exact) mass is 798 g/mol. The molecule has 7 amide bonds. The molecule has 1 spiro atoms. The molecule has 2 fully saturated rings. The fourth-order valence-electron chi connectivity index (χ4n) is 8.63. The molecule has 15 nitrogen and oxygen atoms in total. The molecular weight excluding hydrogens is 753 g/mol. The van der Waals surface area contributed by atoms with E-state index in [9.17, 15) is 33.6 Å². The highest BCUT2D eigenvalue weighted by Gasteiger charge is 2.49. The molecule has 3 aromatic carbocycles. The molecule has 8 rings (SSSR count). The minimum absolute atomic E-state index is 0.0176. The molecule has 4 heterocycles. The second kappa shape index (κ2) is 16.0. The molecule has 4 aromatic rings. The van der Waals surface area contributed by atoms with Crippen LogP contribution < -0.4 is 21.3 Å². The van der Waals surface area contributed by atoms with Gasteiger partial charge >= 0.3 is 0 Å². The van der Waals surface area contributed by atoms with Gasteiger partial charge in [-0.25, -0.2) is 0 Å². The smallest absolute Gasteiger partial charge is 0.268 e. The SMILES string of the molecule is CN(C)C(=O)c1ccc(CN2CCn3c(C(=O)NCc4ccc(NC(=O)CCNc5cccc6c5C(=O)N(C5CCC(=O)NC5=O)C6=O)cc4)ccc3C23CCC3)cc1. The summed E-state index contributed by atoms with van der Waals surface area (Å²) in [5.41, 5.74) is 5.62. The van der Waals surface area contributed by atoms with Gasteiger partial charge in [0.25, 0.3) is 23.6 Å². The maximum absolute atomic E-state index is 13.5. The Morgan fingerprint density at radius 3 is 2.31 bits per heavy atom. The maximum atomic E-state index is 13.5. The summed E-state index contributed by atoms with van der Waals surface area (Å²) in [5, 5.41) is 11.2. The zero-order chi connectivity index (χ0) is 41.4. The van der Waals surface area contributed by atoms with Crippen LogP contribution in [0, 0.1) is 0 Å². The molecule has 1 unspecified atom stereocenters. The lowest BCUT2D eigenvalue weighted by molar-refractivity contribution is -0.136. The van der Waals surface area contributed by atoms with E-state index in [0.29, 0.717) is 35.7 Å². The average molecular weight is 799 g/mol. The largest absolute Gasteiger partial charge is 0.384 e. The number of hydrogen-bond donors (Lipinski definition) is 4. The van der Waals surface area contributed by atoms with Gasteiger partial charge in [-0.15, -0.1) is 0 Å². The number of nitrogens with one attached hydrogen (secondary N) is 4. The first-order valence-corrected chi connectivity index (χ1v) is 19.9. The van der Waals surface area contributed by atoms with E-state index < -0.39 is 29.7 Å². The molecule has 304 valence electrons. The number of nitrogens with zero attached hydrogens (tertiary/aromatic N) is 4. The first kappa shape index (κ1) is 39.2. The number of carbonyl (C=O) groups is 7. The van der Waals surface area contributed by atoms with Crippen molar-refractivity contribution in [1.29, 1.82) is 0 Å². The lowest BCUT2D eigenvalue weighted by Gasteiger charge is -2.53. The third-order valence-electron chi connectivity index (χ3n) is 11.9. The maximum Gasteiger partial charge on any atom is 0.268 e. The standard InChI is InChI=1S/C44H46N8O7/c1-49(2)41(57)29-11-7-28(8-12-29)26-50-23-24-51-33(15-17-35(51)44(50)20-4-21-44)39(55)46-25-27-9-13-30(14-10-27)47-37(54)19-22-45-32-6-3-5-31-38(32)43(59)52(42(31)58)34-16-18-36(53)48-40(34)56/h3,5-15,17,34,45H,4,16,18-26H2,1-2H3,(H,46,55)(H,47,54)(H,48,53,56). The molecule has 0 bridgehead atoms. The van der Waals surface area contributed by atoms with Gasteiger partial charge in [0.05, 0.1) is 16.7 Å². The molecular formula is C44H46N8O7. The van der Waals surface area contributed by atoms with E-state index in [1.54, 1.807) is 43.3 Å². The molecule has 1 saturated heterocycles. The van der Waals surface area contributed by atoms with Crippen molar-refractivity contribution >= 4 is 52.7 Å². The van der Waals surface area contributed by atoms with Crippen LogP contribution in [0.3, 0.4) is 0 Å². The summed E-state index contributed by atoms with van der Waals surface area (Å²) in [6.45, 7) is 2.76. The fraction of sp³-hybridized carbons (Fsp3) is 0.341. The van der Waals surface area contributed by atoms with E-state index in [4.69, 9.17) is 0 Å². The molecule has 4 aliphatic rings. The number of benzene rings is 3. The first-order valence-electron chi connectivity index (χ1n) is 19.9. The second-order valence-electron chi connectivity index (χ2n) is 15.7. The van der Waals surface area contributed by atoms with Gasteiger partial charge in [0.1, 0.15) is 11.7 Å². The molecule has 1 saturated carbocycles. The van der Waals surface area contributed by atoms with E-state index >= 15 is 0 Å². The van der Waals surface area contributed by atoms with E-state index in [1.165, 1.54) is 11.8 Å². The van der Waals surface area contributed by atoms with Gasteiger partial charge in [-0.2, -0.15) is 0 Å². The van der Waals surface area contributed by atoms with Crippen LogP contribution in [0.1, 0.15) is 96.9 Å². The van der Waals surface area contributed by atoms with Crippen molar-refractivity contribution in [2.24, 2.45) is 0 Å². The topological polar surface area (TPSA) is 182 Å². The van der Waals surface area contributed by atoms with Gasteiger partial charge in [-0.3, -0.25) is 48.7 Å². The van der Waals surface area contributed by atoms with Crippen molar-refractivity contribution < 1.29 is 33.6 Å². The Hall–Kier alpha value is -6.61. The van der Waals surface area contributed by atoms with Crippen molar-refractivity contribution in [2.75, 3.05) is 37.8 Å². The van der Waals surface area contributed by atoms with Gasteiger partial charge in [0.2, 0.25) is 17.7 Å². The van der Waals surface area contributed by atoms with Crippen molar-refractivity contribution in [1.82, 2.24) is 29.9 Å². The molecule has 59 heavy (non-hydrogen) atoms. The zero-order valence-corrected chi connectivity index (χ0v) is 33.0. The predicted octanol–water partition coefficient (Wildman–Crippen LogP) is 3.86. The molecule has 3 aliphatic heterocycles. The number of rotatable bonds is 12. The van der Waals surface area contributed by atoms with Crippen LogP contribution in [0.2, 0.25) is 0 Å². The van der Waals surface area contributed by atoms with E-state index in [2.05, 4.69) is 36.8 Å². The zero-order valence-electron chi connectivity index (χ0n) is 33.0. The van der Waals surface area contributed by atoms with Crippen LogP contribution in [0.15, 0.2) is 78.9 Å². The number of hydrogen-bond acceptors (Lipinski definition) is 9. The summed E-state index contributed by atoms with van der Waals surface area (Å²) in [6, 6.07) is 22.8. The van der Waals surface area contributed by atoms with Crippen LogP contribution in [0.4, 0.5) is 11.4 Å². The number of aromatic nitrogens is 1. The molecule has 1 atom stereocenters.